The molecule has 0 atom stereocenters. The maximum absolute atomic E-state index is 4.47. The molecule has 1 fully saturated rings. The van der Waals surface area contributed by atoms with Crippen LogP contribution in [0.4, 0.5) is 0 Å². The Morgan fingerprint density at radius 3 is 2.80 bits per heavy atom. The van der Waals surface area contributed by atoms with E-state index < -0.39 is 0 Å². The van der Waals surface area contributed by atoms with Crippen molar-refractivity contribution < 1.29 is 0 Å². The topological polar surface area (TPSA) is 55.6 Å². The number of hydrogen-bond acceptors (Lipinski definition) is 4. The van der Waals surface area contributed by atoms with E-state index in [2.05, 4.69) is 20.4 Å². The summed E-state index contributed by atoms with van der Waals surface area (Å²) in [7, 11) is 0. The summed E-state index contributed by atoms with van der Waals surface area (Å²) in [6.45, 7) is 0.789. The van der Waals surface area contributed by atoms with Crippen LogP contribution in [-0.4, -0.2) is 25.8 Å². The van der Waals surface area contributed by atoms with Crippen LogP contribution < -0.4 is 5.32 Å². The molecule has 0 radical (unpaired) electrons. The van der Waals surface area contributed by atoms with E-state index in [0.29, 0.717) is 6.04 Å². The summed E-state index contributed by atoms with van der Waals surface area (Å²) in [6, 6.07) is 8.77. The van der Waals surface area contributed by atoms with Gasteiger partial charge >= 0.3 is 0 Å². The van der Waals surface area contributed by atoms with Crippen molar-refractivity contribution in [1.82, 2.24) is 25.1 Å². The normalized spacial score (nSPS) is 14.8. The molecule has 2 aromatic heterocycles. The first kappa shape index (κ1) is 11.5. The lowest BCUT2D eigenvalue weighted by Gasteiger charge is -2.04. The average molecular weight is 265 g/mol. The van der Waals surface area contributed by atoms with Crippen molar-refractivity contribution in [2.45, 2.75) is 25.4 Å². The third kappa shape index (κ3) is 2.16. The van der Waals surface area contributed by atoms with Gasteiger partial charge in [-0.15, -0.1) is 0 Å². The van der Waals surface area contributed by atoms with Crippen molar-refractivity contribution in [1.29, 1.82) is 0 Å². The monoisotopic (exact) mass is 265 g/mol. The second kappa shape index (κ2) is 4.68. The predicted octanol–water partition coefficient (Wildman–Crippen LogP) is 2.07. The molecule has 1 N–H and O–H groups in total. The highest BCUT2D eigenvalue weighted by atomic mass is 15.3. The average Bonchev–Trinajstić information content (AvgIpc) is 3.23. The highest BCUT2D eigenvalue weighted by Crippen LogP contribution is 2.19. The molecule has 20 heavy (non-hydrogen) atoms. The third-order valence-corrected chi connectivity index (χ3v) is 3.54. The van der Waals surface area contributed by atoms with Crippen molar-refractivity contribution in [3.8, 4) is 5.82 Å². The fraction of sp³-hybridized carbons (Fsp3) is 0.267. The van der Waals surface area contributed by atoms with Crippen molar-refractivity contribution >= 4 is 10.9 Å². The highest BCUT2D eigenvalue weighted by Gasteiger charge is 2.20. The highest BCUT2D eigenvalue weighted by molar-refractivity contribution is 5.79. The Bertz CT molecular complexity index is 727. The summed E-state index contributed by atoms with van der Waals surface area (Å²) in [5.74, 6) is 0.751. The first-order valence-corrected chi connectivity index (χ1v) is 6.87. The van der Waals surface area contributed by atoms with Gasteiger partial charge in [0.05, 0.1) is 29.8 Å². The van der Waals surface area contributed by atoms with E-state index in [1.807, 2.05) is 41.3 Å². The van der Waals surface area contributed by atoms with Crippen LogP contribution in [0.5, 0.6) is 0 Å². The Hall–Kier alpha value is -2.27. The van der Waals surface area contributed by atoms with Gasteiger partial charge in [0.2, 0.25) is 0 Å². The number of nitrogens with one attached hydrogen (secondary N) is 1. The number of fused-ring (bicyclic) bond motifs is 1. The van der Waals surface area contributed by atoms with E-state index in [9.17, 15) is 0 Å². The zero-order chi connectivity index (χ0) is 13.4. The van der Waals surface area contributed by atoms with Gasteiger partial charge in [0.15, 0.2) is 5.82 Å². The summed E-state index contributed by atoms with van der Waals surface area (Å²) in [5, 5.41) is 8.92. The van der Waals surface area contributed by atoms with Crippen molar-refractivity contribution in [3.63, 3.8) is 0 Å². The molecule has 0 spiro atoms. The second-order valence-corrected chi connectivity index (χ2v) is 5.14. The Morgan fingerprint density at radius 1 is 1.10 bits per heavy atom. The lowest BCUT2D eigenvalue weighted by molar-refractivity contribution is 0.670. The van der Waals surface area contributed by atoms with Crippen molar-refractivity contribution in [3.05, 3.63) is 48.5 Å². The lowest BCUT2D eigenvalue weighted by Crippen LogP contribution is -2.16. The fourth-order valence-corrected chi connectivity index (χ4v) is 2.24. The molecule has 0 bridgehead atoms. The summed E-state index contributed by atoms with van der Waals surface area (Å²) in [4.78, 5) is 8.92. The molecular formula is C15H15N5. The first-order valence-electron chi connectivity index (χ1n) is 6.87. The van der Waals surface area contributed by atoms with Gasteiger partial charge < -0.3 is 5.32 Å². The Morgan fingerprint density at radius 2 is 2.00 bits per heavy atom. The van der Waals surface area contributed by atoms with Crippen LogP contribution in [0.3, 0.4) is 0 Å². The van der Waals surface area contributed by atoms with Gasteiger partial charge in [-0.25, -0.2) is 9.67 Å². The molecule has 1 aliphatic rings. The molecule has 5 nitrogen and oxygen atoms in total. The van der Waals surface area contributed by atoms with Gasteiger partial charge in [0.1, 0.15) is 0 Å². The van der Waals surface area contributed by atoms with Crippen LogP contribution >= 0.6 is 0 Å². The van der Waals surface area contributed by atoms with Crippen LogP contribution in [0.2, 0.25) is 0 Å². The van der Waals surface area contributed by atoms with Crippen LogP contribution in [0.15, 0.2) is 42.9 Å². The number of benzene rings is 1. The van der Waals surface area contributed by atoms with Gasteiger partial charge in [-0.3, -0.25) is 4.98 Å². The molecule has 1 aromatic carbocycles. The van der Waals surface area contributed by atoms with E-state index in [-0.39, 0.29) is 0 Å². The molecule has 0 amide bonds. The Balaban J connectivity index is 1.61. The van der Waals surface area contributed by atoms with Crippen LogP contribution in [0, 0.1) is 0 Å². The van der Waals surface area contributed by atoms with Gasteiger partial charge in [0, 0.05) is 18.0 Å². The van der Waals surface area contributed by atoms with E-state index >= 15 is 0 Å². The molecule has 2 heterocycles. The summed E-state index contributed by atoms with van der Waals surface area (Å²) < 4.78 is 1.82. The minimum Gasteiger partial charge on any atom is -0.308 e. The molecule has 1 aliphatic carbocycles. The fourth-order valence-electron chi connectivity index (χ4n) is 2.24. The number of para-hydroxylation sites is 1. The molecule has 0 saturated heterocycles. The van der Waals surface area contributed by atoms with Gasteiger partial charge in [-0.1, -0.05) is 18.2 Å². The van der Waals surface area contributed by atoms with E-state index in [4.69, 9.17) is 0 Å². The summed E-state index contributed by atoms with van der Waals surface area (Å²) in [5.41, 5.74) is 2.02. The van der Waals surface area contributed by atoms with Gasteiger partial charge in [-0.05, 0) is 18.9 Å². The molecule has 3 aromatic rings. The smallest absolute Gasteiger partial charge is 0.172 e. The maximum atomic E-state index is 4.47. The molecular weight excluding hydrogens is 250 g/mol. The van der Waals surface area contributed by atoms with E-state index in [1.165, 1.54) is 12.8 Å². The zero-order valence-corrected chi connectivity index (χ0v) is 11.0. The van der Waals surface area contributed by atoms with E-state index in [0.717, 1.165) is 29.0 Å². The van der Waals surface area contributed by atoms with Crippen LogP contribution in [0.25, 0.3) is 16.7 Å². The standard InChI is InChI=1S/C15H15N5/c1-2-4-14-11(3-1)7-19-20(14)15-10-17-13(9-18-15)8-16-12-5-6-12/h1-4,7,9-10,12,16H,5-6,8H2. The van der Waals surface area contributed by atoms with Crippen molar-refractivity contribution in [2.75, 3.05) is 0 Å². The molecule has 100 valence electrons. The van der Waals surface area contributed by atoms with Gasteiger partial charge in [-0.2, -0.15) is 5.10 Å². The zero-order valence-electron chi connectivity index (χ0n) is 11.0. The Kier molecular flexibility index (Phi) is 2.70. The number of rotatable bonds is 4. The van der Waals surface area contributed by atoms with Crippen LogP contribution in [-0.2, 0) is 6.54 Å². The molecule has 4 rings (SSSR count). The van der Waals surface area contributed by atoms with Crippen LogP contribution in [0.1, 0.15) is 18.5 Å². The second-order valence-electron chi connectivity index (χ2n) is 5.14. The maximum Gasteiger partial charge on any atom is 0.172 e. The molecule has 1 saturated carbocycles. The minimum absolute atomic E-state index is 0.687. The van der Waals surface area contributed by atoms with E-state index in [1.54, 1.807) is 6.20 Å². The van der Waals surface area contributed by atoms with Gasteiger partial charge in [0.25, 0.3) is 0 Å². The van der Waals surface area contributed by atoms with Crippen molar-refractivity contribution in [2.24, 2.45) is 0 Å². The predicted molar refractivity (Wildman–Crippen MR) is 76.5 cm³/mol. The number of hydrogen-bond donors (Lipinski definition) is 1. The Labute approximate surface area is 116 Å². The SMILES string of the molecule is c1ccc2c(c1)cnn2-c1cnc(CNC2CC2)cn1. The number of aromatic nitrogens is 4. The number of nitrogens with zero attached hydrogens (tertiary/aromatic N) is 4. The molecule has 0 unspecified atom stereocenters. The minimum atomic E-state index is 0.687. The lowest BCUT2D eigenvalue weighted by atomic mass is 10.3. The quantitative estimate of drug-likeness (QED) is 0.784. The molecule has 0 aliphatic heterocycles. The first-order chi connectivity index (χ1) is 9.90. The summed E-state index contributed by atoms with van der Waals surface area (Å²) in [6.07, 6.45) is 8.01. The molecule has 5 heteroatoms. The largest absolute Gasteiger partial charge is 0.308 e. The summed E-state index contributed by atoms with van der Waals surface area (Å²) >= 11 is 0. The third-order valence-electron chi connectivity index (χ3n) is 3.54.